The molecule has 174 valence electrons. The molecule has 3 rings (SSSR count). The van der Waals surface area contributed by atoms with Crippen LogP contribution in [0.3, 0.4) is 0 Å². The third-order valence-electron chi connectivity index (χ3n) is 4.69. The van der Waals surface area contributed by atoms with Crippen LogP contribution in [0.1, 0.15) is 18.4 Å². The minimum absolute atomic E-state index is 0.120. The molecule has 0 bridgehead atoms. The standard InChI is InChI=1S/C24H25ClN2O5S/c1-17-9-12-19(13-10-17)32-15-5-8-24(28)26-18-11-14-22(31-2)23(16-18)33(29,30)27-21-7-4-3-6-20(21)25/h3-4,6-7,9-14,16,27H,5,8,15H2,1-2H3,(H,26,28). The van der Waals surface area contributed by atoms with E-state index < -0.39 is 10.0 Å². The van der Waals surface area contributed by atoms with Crippen LogP contribution in [0.25, 0.3) is 0 Å². The molecule has 9 heteroatoms. The first-order chi connectivity index (χ1) is 15.8. The number of nitrogens with one attached hydrogen (secondary N) is 2. The number of rotatable bonds is 10. The number of para-hydroxylation sites is 1. The van der Waals surface area contributed by atoms with Gasteiger partial charge in [-0.1, -0.05) is 41.4 Å². The molecule has 0 aliphatic carbocycles. The van der Waals surface area contributed by atoms with Crippen molar-refractivity contribution >= 4 is 38.9 Å². The number of ether oxygens (including phenoxy) is 2. The van der Waals surface area contributed by atoms with E-state index in [0.717, 1.165) is 11.3 Å². The van der Waals surface area contributed by atoms with Gasteiger partial charge in [0.05, 0.1) is 24.4 Å². The Balaban J connectivity index is 1.63. The highest BCUT2D eigenvalue weighted by Crippen LogP contribution is 2.30. The van der Waals surface area contributed by atoms with Gasteiger partial charge in [-0.3, -0.25) is 9.52 Å². The molecule has 0 fully saturated rings. The lowest BCUT2D eigenvalue weighted by atomic mass is 10.2. The molecule has 2 N–H and O–H groups in total. The first-order valence-corrected chi connectivity index (χ1v) is 12.1. The summed E-state index contributed by atoms with van der Waals surface area (Å²) in [5.41, 5.74) is 1.72. The zero-order valence-corrected chi connectivity index (χ0v) is 19.9. The van der Waals surface area contributed by atoms with Crippen LogP contribution in [0, 0.1) is 6.92 Å². The minimum atomic E-state index is -4.02. The quantitative estimate of drug-likeness (QED) is 0.380. The van der Waals surface area contributed by atoms with Crippen molar-refractivity contribution in [3.63, 3.8) is 0 Å². The van der Waals surface area contributed by atoms with Crippen molar-refractivity contribution in [2.45, 2.75) is 24.7 Å². The average Bonchev–Trinajstić information content (AvgIpc) is 2.79. The maximum absolute atomic E-state index is 13.0. The molecular weight excluding hydrogens is 464 g/mol. The predicted molar refractivity (Wildman–Crippen MR) is 130 cm³/mol. The SMILES string of the molecule is COc1ccc(NC(=O)CCCOc2ccc(C)cc2)cc1S(=O)(=O)Nc1ccccc1Cl. The van der Waals surface area contributed by atoms with Gasteiger partial charge in [-0.15, -0.1) is 0 Å². The highest BCUT2D eigenvalue weighted by molar-refractivity contribution is 7.92. The number of aryl methyl sites for hydroxylation is 1. The predicted octanol–water partition coefficient (Wildman–Crippen LogP) is 5.26. The fourth-order valence-electron chi connectivity index (χ4n) is 2.99. The number of benzene rings is 3. The second-order valence-electron chi connectivity index (χ2n) is 7.26. The van der Waals surface area contributed by atoms with Gasteiger partial charge in [-0.05, 0) is 55.8 Å². The van der Waals surface area contributed by atoms with Crippen LogP contribution in [-0.4, -0.2) is 28.0 Å². The molecule has 7 nitrogen and oxygen atoms in total. The van der Waals surface area contributed by atoms with Gasteiger partial charge in [0.1, 0.15) is 16.4 Å². The number of halogens is 1. The van der Waals surface area contributed by atoms with Crippen LogP contribution in [-0.2, 0) is 14.8 Å². The highest BCUT2D eigenvalue weighted by atomic mass is 35.5. The van der Waals surface area contributed by atoms with Gasteiger partial charge < -0.3 is 14.8 Å². The van der Waals surface area contributed by atoms with Crippen molar-refractivity contribution in [1.29, 1.82) is 0 Å². The second-order valence-corrected chi connectivity index (χ2v) is 9.32. The van der Waals surface area contributed by atoms with E-state index in [0.29, 0.717) is 18.7 Å². The van der Waals surface area contributed by atoms with Crippen molar-refractivity contribution in [3.8, 4) is 11.5 Å². The molecule has 0 aliphatic rings. The van der Waals surface area contributed by atoms with Crippen molar-refractivity contribution in [1.82, 2.24) is 0 Å². The zero-order valence-electron chi connectivity index (χ0n) is 18.3. The Bertz CT molecular complexity index is 1210. The summed E-state index contributed by atoms with van der Waals surface area (Å²) in [7, 11) is -2.65. The Morgan fingerprint density at radius 1 is 1.03 bits per heavy atom. The van der Waals surface area contributed by atoms with Gasteiger partial charge in [0, 0.05) is 12.1 Å². The molecule has 0 aromatic heterocycles. The highest BCUT2D eigenvalue weighted by Gasteiger charge is 2.21. The molecule has 0 radical (unpaired) electrons. The third kappa shape index (κ3) is 6.87. The van der Waals surface area contributed by atoms with Crippen LogP contribution in [0.2, 0.25) is 5.02 Å². The lowest BCUT2D eigenvalue weighted by Gasteiger charge is -2.14. The largest absolute Gasteiger partial charge is 0.495 e. The minimum Gasteiger partial charge on any atom is -0.495 e. The van der Waals surface area contributed by atoms with Crippen LogP contribution in [0.4, 0.5) is 11.4 Å². The van der Waals surface area contributed by atoms with E-state index >= 15 is 0 Å². The maximum Gasteiger partial charge on any atom is 0.265 e. The van der Waals surface area contributed by atoms with Crippen molar-refractivity contribution in [3.05, 3.63) is 77.3 Å². The van der Waals surface area contributed by atoms with Gasteiger partial charge in [0.15, 0.2) is 0 Å². The van der Waals surface area contributed by atoms with Crippen LogP contribution in [0.5, 0.6) is 11.5 Å². The molecule has 0 atom stereocenters. The van der Waals surface area contributed by atoms with E-state index in [2.05, 4.69) is 10.0 Å². The molecule has 0 saturated heterocycles. The van der Waals surface area contributed by atoms with Crippen LogP contribution >= 0.6 is 11.6 Å². The van der Waals surface area contributed by atoms with Crippen molar-refractivity contribution in [2.75, 3.05) is 23.8 Å². The molecule has 0 saturated carbocycles. The van der Waals surface area contributed by atoms with Crippen molar-refractivity contribution < 1.29 is 22.7 Å². The molecule has 0 heterocycles. The molecule has 33 heavy (non-hydrogen) atoms. The summed E-state index contributed by atoms with van der Waals surface area (Å²) in [6.45, 7) is 2.39. The fourth-order valence-corrected chi connectivity index (χ4v) is 4.50. The van der Waals surface area contributed by atoms with Gasteiger partial charge in [0.25, 0.3) is 10.0 Å². The Morgan fingerprint density at radius 3 is 2.45 bits per heavy atom. The molecular formula is C24H25ClN2O5S. The number of carbonyl (C=O) groups is 1. The van der Waals surface area contributed by atoms with E-state index in [4.69, 9.17) is 21.1 Å². The number of hydrogen-bond acceptors (Lipinski definition) is 5. The molecule has 3 aromatic rings. The Hall–Kier alpha value is -3.23. The summed E-state index contributed by atoms with van der Waals surface area (Å²) in [5.74, 6) is 0.631. The number of sulfonamides is 1. The summed E-state index contributed by atoms with van der Waals surface area (Å²) in [4.78, 5) is 12.2. The number of methoxy groups -OCH3 is 1. The maximum atomic E-state index is 13.0. The van der Waals surface area contributed by atoms with Gasteiger partial charge in [-0.25, -0.2) is 8.42 Å². The summed E-state index contributed by atoms with van der Waals surface area (Å²) in [5, 5.41) is 2.98. The second kappa shape index (κ2) is 11.1. The summed E-state index contributed by atoms with van der Waals surface area (Å²) < 4.78 is 39.2. The Kier molecular flexibility index (Phi) is 8.19. The monoisotopic (exact) mass is 488 g/mol. The van der Waals surface area contributed by atoms with Crippen molar-refractivity contribution in [2.24, 2.45) is 0 Å². The van der Waals surface area contributed by atoms with E-state index in [1.54, 1.807) is 30.3 Å². The number of carbonyl (C=O) groups excluding carboxylic acids is 1. The van der Waals surface area contributed by atoms with Gasteiger partial charge in [0.2, 0.25) is 5.91 Å². The lowest BCUT2D eigenvalue weighted by Crippen LogP contribution is -2.16. The van der Waals surface area contributed by atoms with E-state index in [1.807, 2.05) is 31.2 Å². The molecule has 0 aliphatic heterocycles. The summed E-state index contributed by atoms with van der Waals surface area (Å²) in [6, 6.07) is 18.6. The summed E-state index contributed by atoms with van der Waals surface area (Å²) >= 11 is 6.07. The normalized spacial score (nSPS) is 11.0. The summed E-state index contributed by atoms with van der Waals surface area (Å²) in [6.07, 6.45) is 0.729. The molecule has 0 unspecified atom stereocenters. The smallest absolute Gasteiger partial charge is 0.265 e. The lowest BCUT2D eigenvalue weighted by molar-refractivity contribution is -0.116. The van der Waals surface area contributed by atoms with E-state index in [1.165, 1.54) is 19.2 Å². The topological polar surface area (TPSA) is 93.7 Å². The number of hydrogen-bond donors (Lipinski definition) is 2. The molecule has 1 amide bonds. The Labute approximate surface area is 198 Å². The number of amides is 1. The zero-order chi connectivity index (χ0) is 23.8. The first-order valence-electron chi connectivity index (χ1n) is 10.2. The van der Waals surface area contributed by atoms with Gasteiger partial charge >= 0.3 is 0 Å². The molecule has 0 spiro atoms. The van der Waals surface area contributed by atoms with E-state index in [9.17, 15) is 13.2 Å². The number of anilines is 2. The van der Waals surface area contributed by atoms with Crippen LogP contribution in [0.15, 0.2) is 71.6 Å². The fraction of sp³-hybridized carbons (Fsp3) is 0.208. The van der Waals surface area contributed by atoms with Gasteiger partial charge in [-0.2, -0.15) is 0 Å². The van der Waals surface area contributed by atoms with E-state index in [-0.39, 0.29) is 33.7 Å². The average molecular weight is 489 g/mol. The molecule has 3 aromatic carbocycles. The first kappa shape index (κ1) is 24.4. The Morgan fingerprint density at radius 2 is 1.76 bits per heavy atom. The third-order valence-corrected chi connectivity index (χ3v) is 6.41. The van der Waals surface area contributed by atoms with Crippen LogP contribution < -0.4 is 19.5 Å².